The molecule has 0 N–H and O–H groups in total. The van der Waals surface area contributed by atoms with Gasteiger partial charge in [-0.25, -0.2) is 28.1 Å². The van der Waals surface area contributed by atoms with Crippen LogP contribution < -0.4 is 17.1 Å². The van der Waals surface area contributed by atoms with Gasteiger partial charge in [0, 0.05) is 19.6 Å². The normalized spacial score (nSPS) is 37.9. The second-order valence-corrected chi connectivity index (χ2v) is 19.6. The Kier molecular flexibility index (Phi) is 8.56. The van der Waals surface area contributed by atoms with E-state index in [1.807, 2.05) is 0 Å². The summed E-state index contributed by atoms with van der Waals surface area (Å²) in [5.41, 5.74) is -1.30. The quantitative estimate of drug-likeness (QED) is 0.343. The second-order valence-electron chi connectivity index (χ2n) is 19.6. The molecule has 1 aromatic heterocycles. The van der Waals surface area contributed by atoms with Gasteiger partial charge in [0.25, 0.3) is 0 Å². The molecule has 3 saturated carbocycles. The first kappa shape index (κ1) is 33.3. The average Bonchev–Trinajstić information content (AvgIpc) is 2.72. The molecule has 3 aliphatic rings. The number of hydrogen-bond acceptors (Lipinski definition) is 3. The van der Waals surface area contributed by atoms with Gasteiger partial charge in [0.1, 0.15) is 0 Å². The Morgan fingerprint density at radius 3 is 0.857 bits per heavy atom. The molecule has 0 amide bonds. The van der Waals surface area contributed by atoms with Crippen molar-refractivity contribution in [1.82, 2.24) is 13.7 Å². The monoisotopic (exact) mass is 585 g/mol. The van der Waals surface area contributed by atoms with Crippen LogP contribution in [0.4, 0.5) is 0 Å². The van der Waals surface area contributed by atoms with E-state index in [9.17, 15) is 14.4 Å². The van der Waals surface area contributed by atoms with E-state index in [4.69, 9.17) is 0 Å². The van der Waals surface area contributed by atoms with Crippen LogP contribution >= 0.6 is 0 Å². The Morgan fingerprint density at radius 1 is 0.452 bits per heavy atom. The molecule has 0 spiro atoms. The first-order valence-electron chi connectivity index (χ1n) is 16.9. The maximum absolute atomic E-state index is 14.3. The van der Waals surface area contributed by atoms with E-state index >= 15 is 0 Å². The number of hydrogen-bond donors (Lipinski definition) is 0. The van der Waals surface area contributed by atoms with Crippen molar-refractivity contribution in [1.29, 1.82) is 0 Å². The molecule has 6 unspecified atom stereocenters. The molecule has 4 rings (SSSR count). The second kappa shape index (κ2) is 10.8. The summed E-state index contributed by atoms with van der Waals surface area (Å²) in [5.74, 6) is 1.58. The van der Waals surface area contributed by atoms with Crippen LogP contribution in [-0.2, 0) is 19.6 Å². The fourth-order valence-electron chi connectivity index (χ4n) is 12.1. The Hall–Kier alpha value is -1.59. The van der Waals surface area contributed by atoms with E-state index in [1.165, 1.54) is 13.7 Å². The van der Waals surface area contributed by atoms with Gasteiger partial charge in [-0.2, -0.15) is 0 Å². The van der Waals surface area contributed by atoms with Crippen LogP contribution in [0.3, 0.4) is 0 Å². The minimum Gasteiger partial charge on any atom is -0.247 e. The molecule has 6 heteroatoms. The van der Waals surface area contributed by atoms with Gasteiger partial charge in [0.2, 0.25) is 0 Å². The molecular weight excluding hydrogens is 522 g/mol. The first-order chi connectivity index (χ1) is 18.9. The van der Waals surface area contributed by atoms with Crippen LogP contribution in [0, 0.1) is 50.2 Å². The fourth-order valence-corrected chi connectivity index (χ4v) is 12.1. The van der Waals surface area contributed by atoms with Crippen LogP contribution in [0.1, 0.15) is 141 Å². The molecule has 1 heterocycles. The van der Waals surface area contributed by atoms with Gasteiger partial charge in [0.05, 0.1) is 0 Å². The summed E-state index contributed by atoms with van der Waals surface area (Å²) in [5, 5.41) is 0. The van der Waals surface area contributed by atoms with Gasteiger partial charge in [-0.15, -0.1) is 0 Å². The van der Waals surface area contributed by atoms with Gasteiger partial charge in [-0.05, 0) is 108 Å². The minimum absolute atomic E-state index is 0.151. The molecule has 240 valence electrons. The number of aromatic nitrogens is 3. The maximum Gasteiger partial charge on any atom is 0.336 e. The Bertz CT molecular complexity index is 1150. The molecule has 0 saturated heterocycles. The largest absolute Gasteiger partial charge is 0.336 e. The molecule has 3 aliphatic carbocycles. The molecule has 42 heavy (non-hydrogen) atoms. The van der Waals surface area contributed by atoms with Gasteiger partial charge in [0.15, 0.2) is 0 Å². The Balaban J connectivity index is 1.85. The van der Waals surface area contributed by atoms with E-state index < -0.39 is 17.1 Å². The standard InChI is InChI=1S/C36H63N3O3/c1-25-13-31(4,5)19-34(10,16-25)22-37-28(40)38(23-35(11)17-26(2)14-32(6,7)20-35)30(42)39(29(37)41)24-36(12)18-27(3)15-33(8,9)21-36/h25-27H,13-24H2,1-12H3. The summed E-state index contributed by atoms with van der Waals surface area (Å²) >= 11 is 0. The molecule has 0 bridgehead atoms. The summed E-state index contributed by atoms with van der Waals surface area (Å²) in [6, 6.07) is 0. The number of rotatable bonds is 6. The maximum atomic E-state index is 14.3. The third kappa shape index (κ3) is 7.37. The van der Waals surface area contributed by atoms with Crippen molar-refractivity contribution in [3.8, 4) is 0 Å². The summed E-state index contributed by atoms with van der Waals surface area (Å²) in [6.45, 7) is 28.6. The van der Waals surface area contributed by atoms with Crippen molar-refractivity contribution in [3.05, 3.63) is 31.5 Å². The van der Waals surface area contributed by atoms with Crippen molar-refractivity contribution in [3.63, 3.8) is 0 Å². The lowest BCUT2D eigenvalue weighted by atomic mass is 9.61. The third-order valence-corrected chi connectivity index (χ3v) is 10.9. The van der Waals surface area contributed by atoms with Crippen LogP contribution in [0.15, 0.2) is 14.4 Å². The SMILES string of the molecule is CC1CC(C)(C)CC(C)(Cn2c(=O)n(CC3(C)CC(C)CC(C)(C)C3)c(=O)n(CC3(C)CC(C)CC(C)(C)C3)c2=O)C1. The molecule has 0 aliphatic heterocycles. The Morgan fingerprint density at radius 2 is 0.667 bits per heavy atom. The molecule has 3 fully saturated rings. The minimum atomic E-state index is -0.404. The van der Waals surface area contributed by atoms with Crippen molar-refractivity contribution in [2.45, 2.75) is 161 Å². The van der Waals surface area contributed by atoms with Gasteiger partial charge >= 0.3 is 17.1 Å². The smallest absolute Gasteiger partial charge is 0.247 e. The van der Waals surface area contributed by atoms with Gasteiger partial charge in [-0.3, -0.25) is 0 Å². The average molecular weight is 586 g/mol. The zero-order chi connectivity index (χ0) is 31.7. The van der Waals surface area contributed by atoms with Crippen LogP contribution in [0.5, 0.6) is 0 Å². The summed E-state index contributed by atoms with van der Waals surface area (Å²) in [4.78, 5) is 43.0. The van der Waals surface area contributed by atoms with E-state index in [1.54, 1.807) is 0 Å². The van der Waals surface area contributed by atoms with Crippen molar-refractivity contribution in [2.24, 2.45) is 50.2 Å². The lowest BCUT2D eigenvalue weighted by Gasteiger charge is -2.47. The zero-order valence-corrected chi connectivity index (χ0v) is 29.3. The zero-order valence-electron chi connectivity index (χ0n) is 29.3. The molecule has 0 radical (unpaired) electrons. The lowest BCUT2D eigenvalue weighted by Crippen LogP contribution is -2.59. The van der Waals surface area contributed by atoms with Gasteiger partial charge < -0.3 is 0 Å². The van der Waals surface area contributed by atoms with Crippen LogP contribution in [-0.4, -0.2) is 13.7 Å². The van der Waals surface area contributed by atoms with Crippen LogP contribution in [0.2, 0.25) is 0 Å². The molecule has 1 aromatic rings. The highest BCUT2D eigenvalue weighted by Crippen LogP contribution is 2.51. The predicted molar refractivity (Wildman–Crippen MR) is 174 cm³/mol. The van der Waals surface area contributed by atoms with E-state index in [0.717, 1.165) is 57.8 Å². The fraction of sp³-hybridized carbons (Fsp3) is 0.917. The highest BCUT2D eigenvalue weighted by Gasteiger charge is 2.44. The first-order valence-corrected chi connectivity index (χ1v) is 16.9. The van der Waals surface area contributed by atoms with E-state index in [-0.39, 0.29) is 32.5 Å². The number of nitrogens with zero attached hydrogens (tertiary/aromatic N) is 3. The molecule has 6 nitrogen and oxygen atoms in total. The summed E-state index contributed by atoms with van der Waals surface area (Å²) in [6.07, 6.45) is 9.28. The highest BCUT2D eigenvalue weighted by molar-refractivity contribution is 4.96. The third-order valence-electron chi connectivity index (χ3n) is 10.9. The molecular formula is C36H63N3O3. The Labute approximate surface area is 255 Å². The van der Waals surface area contributed by atoms with E-state index in [2.05, 4.69) is 83.1 Å². The topological polar surface area (TPSA) is 66.0 Å². The van der Waals surface area contributed by atoms with Crippen LogP contribution in [0.25, 0.3) is 0 Å². The van der Waals surface area contributed by atoms with Crippen molar-refractivity contribution in [2.75, 3.05) is 0 Å². The predicted octanol–water partition coefficient (Wildman–Crippen LogP) is 7.73. The summed E-state index contributed by atoms with van der Waals surface area (Å²) in [7, 11) is 0. The highest BCUT2D eigenvalue weighted by atomic mass is 16.2. The van der Waals surface area contributed by atoms with E-state index in [0.29, 0.717) is 37.4 Å². The molecule has 0 aromatic carbocycles. The summed E-state index contributed by atoms with van der Waals surface area (Å²) < 4.78 is 4.41. The lowest BCUT2D eigenvalue weighted by molar-refractivity contribution is 0.0324. The van der Waals surface area contributed by atoms with Crippen molar-refractivity contribution >= 4 is 0 Å². The molecule has 6 atom stereocenters. The van der Waals surface area contributed by atoms with Gasteiger partial charge in [-0.1, -0.05) is 83.1 Å². The van der Waals surface area contributed by atoms with Crippen molar-refractivity contribution < 1.29 is 0 Å².